The van der Waals surface area contributed by atoms with E-state index in [1.54, 1.807) is 0 Å². The van der Waals surface area contributed by atoms with Crippen LogP contribution in [0.25, 0.3) is 0 Å². The van der Waals surface area contributed by atoms with Crippen LogP contribution in [-0.4, -0.2) is 50.3 Å². The first-order chi connectivity index (χ1) is 10.4. The average Bonchev–Trinajstić information content (AvgIpc) is 2.96. The Morgan fingerprint density at radius 2 is 1.73 bits per heavy atom. The molecule has 1 aliphatic carbocycles. The van der Waals surface area contributed by atoms with E-state index in [0.29, 0.717) is 0 Å². The minimum absolute atomic E-state index is 0. The smallest absolute Gasteiger partial charge is 0.193 e. The van der Waals surface area contributed by atoms with Gasteiger partial charge < -0.3 is 15.0 Å². The Kier molecular flexibility index (Phi) is 7.74. The van der Waals surface area contributed by atoms with Gasteiger partial charge >= 0.3 is 0 Å². The maximum atomic E-state index is 5.44. The summed E-state index contributed by atoms with van der Waals surface area (Å²) in [5.74, 6) is 3.73. The number of likely N-dealkylation sites (tertiary alicyclic amines) is 1. The van der Waals surface area contributed by atoms with Crippen LogP contribution in [-0.2, 0) is 4.74 Å². The Labute approximate surface area is 152 Å². The lowest BCUT2D eigenvalue weighted by molar-refractivity contribution is 0.0688. The lowest BCUT2D eigenvalue weighted by Gasteiger charge is -2.24. The van der Waals surface area contributed by atoms with E-state index in [2.05, 4.69) is 17.1 Å². The highest BCUT2D eigenvalue weighted by atomic mass is 127. The SMILES string of the molecule is CCNC(=NCC1CCOCC1)N1CC2CCCCC2C1.I. The molecule has 3 fully saturated rings. The molecule has 3 aliphatic rings. The molecule has 3 rings (SSSR count). The van der Waals surface area contributed by atoms with Crippen molar-refractivity contribution in [3.63, 3.8) is 0 Å². The third-order valence-corrected chi connectivity index (χ3v) is 5.45. The number of nitrogens with one attached hydrogen (secondary N) is 1. The minimum Gasteiger partial charge on any atom is -0.381 e. The van der Waals surface area contributed by atoms with Crippen LogP contribution in [0.5, 0.6) is 0 Å². The number of rotatable bonds is 3. The Hall–Kier alpha value is -0.0400. The van der Waals surface area contributed by atoms with Crippen molar-refractivity contribution < 1.29 is 4.74 Å². The lowest BCUT2D eigenvalue weighted by atomic mass is 9.82. The zero-order valence-electron chi connectivity index (χ0n) is 13.9. The normalized spacial score (nSPS) is 29.9. The fourth-order valence-electron chi connectivity index (χ4n) is 4.15. The summed E-state index contributed by atoms with van der Waals surface area (Å²) in [5.41, 5.74) is 0. The molecule has 2 aliphatic heterocycles. The summed E-state index contributed by atoms with van der Waals surface area (Å²) in [6.07, 6.45) is 8.08. The third-order valence-electron chi connectivity index (χ3n) is 5.45. The molecular formula is C17H32IN3O. The topological polar surface area (TPSA) is 36.9 Å². The predicted molar refractivity (Wildman–Crippen MR) is 102 cm³/mol. The van der Waals surface area contributed by atoms with Gasteiger partial charge in [-0.2, -0.15) is 0 Å². The first-order valence-corrected chi connectivity index (χ1v) is 8.97. The summed E-state index contributed by atoms with van der Waals surface area (Å²) in [6.45, 7) is 8.41. The molecule has 22 heavy (non-hydrogen) atoms. The van der Waals surface area contributed by atoms with Crippen molar-refractivity contribution in [3.8, 4) is 0 Å². The minimum atomic E-state index is 0. The fourth-order valence-corrected chi connectivity index (χ4v) is 4.15. The molecule has 0 radical (unpaired) electrons. The van der Waals surface area contributed by atoms with Gasteiger partial charge in [0.2, 0.25) is 0 Å². The van der Waals surface area contributed by atoms with Crippen molar-refractivity contribution in [3.05, 3.63) is 0 Å². The molecule has 2 unspecified atom stereocenters. The Balaban J connectivity index is 0.00000176. The van der Waals surface area contributed by atoms with Gasteiger partial charge in [-0.25, -0.2) is 0 Å². The maximum absolute atomic E-state index is 5.44. The van der Waals surface area contributed by atoms with Gasteiger partial charge in [0.05, 0.1) is 0 Å². The van der Waals surface area contributed by atoms with Gasteiger partial charge in [-0.3, -0.25) is 4.99 Å². The molecule has 128 valence electrons. The maximum Gasteiger partial charge on any atom is 0.193 e. The molecule has 5 heteroatoms. The summed E-state index contributed by atoms with van der Waals surface area (Å²) in [6, 6.07) is 0. The standard InChI is InChI=1S/C17H31N3O.HI/c1-2-18-17(19-11-14-7-9-21-10-8-14)20-12-15-5-3-4-6-16(15)13-20;/h14-16H,2-13H2,1H3,(H,18,19);1H. The number of nitrogens with zero attached hydrogens (tertiary/aromatic N) is 2. The van der Waals surface area contributed by atoms with Gasteiger partial charge in [0.1, 0.15) is 0 Å². The molecule has 0 spiro atoms. The summed E-state index contributed by atoms with van der Waals surface area (Å²) in [7, 11) is 0. The number of hydrogen-bond acceptors (Lipinski definition) is 2. The second kappa shape index (κ2) is 9.30. The number of aliphatic imine (C=N–C) groups is 1. The first-order valence-electron chi connectivity index (χ1n) is 8.97. The average molecular weight is 421 g/mol. The molecule has 0 aromatic carbocycles. The number of hydrogen-bond donors (Lipinski definition) is 1. The van der Waals surface area contributed by atoms with Gasteiger partial charge in [-0.1, -0.05) is 12.8 Å². The molecule has 0 aromatic heterocycles. The van der Waals surface area contributed by atoms with Crippen LogP contribution >= 0.6 is 24.0 Å². The van der Waals surface area contributed by atoms with E-state index in [4.69, 9.17) is 9.73 Å². The van der Waals surface area contributed by atoms with Crippen LogP contribution in [0.1, 0.15) is 45.4 Å². The first kappa shape index (κ1) is 18.3. The van der Waals surface area contributed by atoms with E-state index in [-0.39, 0.29) is 24.0 Å². The molecule has 2 heterocycles. The Morgan fingerprint density at radius 1 is 1.09 bits per heavy atom. The number of halogens is 1. The van der Waals surface area contributed by atoms with Crippen LogP contribution in [0.15, 0.2) is 4.99 Å². The number of guanidine groups is 1. The second-order valence-electron chi connectivity index (χ2n) is 6.96. The van der Waals surface area contributed by atoms with E-state index in [1.807, 2.05) is 0 Å². The number of fused-ring (bicyclic) bond motifs is 1. The molecule has 1 N–H and O–H groups in total. The Bertz CT molecular complexity index is 344. The van der Waals surface area contributed by atoms with E-state index in [9.17, 15) is 0 Å². The van der Waals surface area contributed by atoms with Crippen LogP contribution in [0.3, 0.4) is 0 Å². The van der Waals surface area contributed by atoms with Crippen LogP contribution in [0, 0.1) is 17.8 Å². The zero-order chi connectivity index (χ0) is 14.5. The van der Waals surface area contributed by atoms with Gasteiger partial charge in [0.25, 0.3) is 0 Å². The largest absolute Gasteiger partial charge is 0.381 e. The fraction of sp³-hybridized carbons (Fsp3) is 0.941. The second-order valence-corrected chi connectivity index (χ2v) is 6.96. The molecule has 0 bridgehead atoms. The summed E-state index contributed by atoms with van der Waals surface area (Å²) >= 11 is 0. The molecule has 2 saturated heterocycles. The van der Waals surface area contributed by atoms with Crippen molar-refractivity contribution in [2.75, 3.05) is 39.4 Å². The van der Waals surface area contributed by atoms with Crippen LogP contribution in [0.2, 0.25) is 0 Å². The summed E-state index contributed by atoms with van der Waals surface area (Å²) in [4.78, 5) is 7.48. The number of ether oxygens (including phenoxy) is 1. The quantitative estimate of drug-likeness (QED) is 0.432. The highest BCUT2D eigenvalue weighted by Gasteiger charge is 2.35. The molecular weight excluding hydrogens is 389 g/mol. The summed E-state index contributed by atoms with van der Waals surface area (Å²) < 4.78 is 5.44. The van der Waals surface area contributed by atoms with Crippen LogP contribution < -0.4 is 5.32 Å². The van der Waals surface area contributed by atoms with Gasteiger partial charge in [-0.15, -0.1) is 24.0 Å². The highest BCUT2D eigenvalue weighted by Crippen LogP contribution is 2.36. The van der Waals surface area contributed by atoms with Gasteiger partial charge in [0.15, 0.2) is 5.96 Å². The van der Waals surface area contributed by atoms with E-state index in [0.717, 1.165) is 44.1 Å². The molecule has 0 amide bonds. The van der Waals surface area contributed by atoms with Crippen molar-refractivity contribution in [1.29, 1.82) is 0 Å². The van der Waals surface area contributed by atoms with E-state index >= 15 is 0 Å². The zero-order valence-corrected chi connectivity index (χ0v) is 16.3. The molecule has 4 nitrogen and oxygen atoms in total. The van der Waals surface area contributed by atoms with Gasteiger partial charge in [-0.05, 0) is 50.4 Å². The van der Waals surface area contributed by atoms with Crippen molar-refractivity contribution in [2.45, 2.75) is 45.4 Å². The molecule has 0 aromatic rings. The van der Waals surface area contributed by atoms with Crippen molar-refractivity contribution in [1.82, 2.24) is 10.2 Å². The molecule has 2 atom stereocenters. The predicted octanol–water partition coefficient (Wildman–Crippen LogP) is 3.12. The third kappa shape index (κ3) is 4.73. The van der Waals surface area contributed by atoms with Gasteiger partial charge in [0, 0.05) is 39.4 Å². The van der Waals surface area contributed by atoms with Crippen LogP contribution in [0.4, 0.5) is 0 Å². The lowest BCUT2D eigenvalue weighted by Crippen LogP contribution is -2.40. The van der Waals surface area contributed by atoms with E-state index < -0.39 is 0 Å². The Morgan fingerprint density at radius 3 is 2.32 bits per heavy atom. The van der Waals surface area contributed by atoms with E-state index in [1.165, 1.54) is 57.6 Å². The van der Waals surface area contributed by atoms with Crippen molar-refractivity contribution in [2.24, 2.45) is 22.7 Å². The molecule has 1 saturated carbocycles. The highest BCUT2D eigenvalue weighted by molar-refractivity contribution is 14.0. The summed E-state index contributed by atoms with van der Waals surface area (Å²) in [5, 5.41) is 3.52. The van der Waals surface area contributed by atoms with Crippen molar-refractivity contribution >= 4 is 29.9 Å². The monoisotopic (exact) mass is 421 g/mol.